The number of nitrogens with one attached hydrogen (secondary N) is 1. The number of aromatic hydroxyl groups is 1. The van der Waals surface area contributed by atoms with Gasteiger partial charge in [0, 0.05) is 48.7 Å². The monoisotopic (exact) mass is 492 g/mol. The lowest BCUT2D eigenvalue weighted by Gasteiger charge is -2.42. The predicted octanol–water partition coefficient (Wildman–Crippen LogP) is 3.81. The van der Waals surface area contributed by atoms with Crippen LogP contribution in [0.25, 0.3) is 10.9 Å². The first kappa shape index (κ1) is 23.9. The Morgan fingerprint density at radius 2 is 2.11 bits per heavy atom. The van der Waals surface area contributed by atoms with E-state index in [0.717, 1.165) is 10.9 Å². The molecule has 3 aromatic rings. The van der Waals surface area contributed by atoms with E-state index in [2.05, 4.69) is 11.6 Å². The van der Waals surface area contributed by atoms with Crippen LogP contribution in [0.5, 0.6) is 11.5 Å². The Bertz CT molecular complexity index is 1390. The number of carbonyl (C=O) groups excluding carboxylic acids is 2. The predicted molar refractivity (Wildman–Crippen MR) is 134 cm³/mol. The molecule has 36 heavy (non-hydrogen) atoms. The number of phenolic OH excluding ortho intramolecular Hbond substituents is 1. The molecule has 2 atom stereocenters. The second-order valence-electron chi connectivity index (χ2n) is 9.66. The van der Waals surface area contributed by atoms with E-state index >= 15 is 0 Å². The first-order valence-electron chi connectivity index (χ1n) is 11.8. The standard InChI is InChI=1S/C27H29FN4O4/c1-5-9-30(3)10-11-31-25(34)27(2)15-19-18-13-22(36-4)20(28)14-21(18)29-23(19)24(32(27)26(31)35)16-7-6-8-17(33)12-16/h5-8,12-14,24,29,33H,1,9-11,15H2,2-4H3. The number of nitrogens with zero attached hydrogens (tertiary/aromatic N) is 3. The number of H-pyrrole nitrogens is 1. The average Bonchev–Trinajstić information content (AvgIpc) is 3.27. The Labute approximate surface area is 208 Å². The van der Waals surface area contributed by atoms with Gasteiger partial charge in [0.15, 0.2) is 11.6 Å². The van der Waals surface area contributed by atoms with Crippen LogP contribution in [0.15, 0.2) is 49.1 Å². The molecular formula is C27H29FN4O4. The molecule has 2 unspecified atom stereocenters. The van der Waals surface area contributed by atoms with E-state index in [9.17, 15) is 19.1 Å². The van der Waals surface area contributed by atoms with Crippen LogP contribution < -0.4 is 4.74 Å². The molecule has 0 saturated carbocycles. The van der Waals surface area contributed by atoms with Crippen molar-refractivity contribution >= 4 is 22.8 Å². The first-order valence-corrected chi connectivity index (χ1v) is 11.8. The summed E-state index contributed by atoms with van der Waals surface area (Å²) in [6.45, 7) is 6.90. The van der Waals surface area contributed by atoms with Crippen LogP contribution in [0.3, 0.4) is 0 Å². The van der Waals surface area contributed by atoms with Crippen molar-refractivity contribution in [3.8, 4) is 11.5 Å². The SMILES string of the molecule is C=CCN(C)CCN1C(=O)N2C(c3cccc(O)c3)c3[nH]c4cc(F)c(OC)cc4c3CC2(C)C1=O. The summed E-state index contributed by atoms with van der Waals surface area (Å²) in [5.41, 5.74) is 1.55. The summed E-state index contributed by atoms with van der Waals surface area (Å²) >= 11 is 0. The van der Waals surface area contributed by atoms with Crippen molar-refractivity contribution in [3.63, 3.8) is 0 Å². The number of fused-ring (bicyclic) bond motifs is 4. The Kier molecular flexibility index (Phi) is 5.75. The lowest BCUT2D eigenvalue weighted by Crippen LogP contribution is -2.53. The number of aromatic nitrogens is 1. The maximum Gasteiger partial charge on any atom is 0.328 e. The van der Waals surface area contributed by atoms with Crippen molar-refractivity contribution in [1.29, 1.82) is 0 Å². The van der Waals surface area contributed by atoms with E-state index in [-0.39, 0.29) is 30.4 Å². The Morgan fingerprint density at radius 1 is 1.33 bits per heavy atom. The van der Waals surface area contributed by atoms with E-state index in [1.54, 1.807) is 42.2 Å². The minimum atomic E-state index is -1.16. The highest BCUT2D eigenvalue weighted by Gasteiger charge is 2.60. The molecule has 0 radical (unpaired) electrons. The molecule has 5 rings (SSSR count). The van der Waals surface area contributed by atoms with Crippen LogP contribution in [0.2, 0.25) is 0 Å². The van der Waals surface area contributed by atoms with Gasteiger partial charge in [0.2, 0.25) is 0 Å². The van der Waals surface area contributed by atoms with Gasteiger partial charge < -0.3 is 19.7 Å². The molecule has 1 aromatic heterocycles. The number of carbonyl (C=O) groups is 2. The van der Waals surface area contributed by atoms with Gasteiger partial charge >= 0.3 is 6.03 Å². The quantitative estimate of drug-likeness (QED) is 0.387. The molecule has 9 heteroatoms. The van der Waals surface area contributed by atoms with Gasteiger partial charge in [-0.25, -0.2) is 9.18 Å². The maximum absolute atomic E-state index is 14.5. The van der Waals surface area contributed by atoms with Crippen LogP contribution >= 0.6 is 0 Å². The number of likely N-dealkylation sites (N-methyl/N-ethyl adjacent to an activating group) is 1. The third kappa shape index (κ3) is 3.53. The summed E-state index contributed by atoms with van der Waals surface area (Å²) < 4.78 is 19.7. The van der Waals surface area contributed by atoms with E-state index in [1.807, 2.05) is 18.0 Å². The number of urea groups is 1. The second kappa shape index (κ2) is 8.67. The zero-order valence-electron chi connectivity index (χ0n) is 20.5. The van der Waals surface area contributed by atoms with E-state index in [4.69, 9.17) is 4.74 Å². The number of halogens is 1. The molecule has 1 fully saturated rings. The lowest BCUT2D eigenvalue weighted by atomic mass is 9.81. The summed E-state index contributed by atoms with van der Waals surface area (Å²) in [5.74, 6) is -0.637. The van der Waals surface area contributed by atoms with Crippen molar-refractivity contribution in [3.05, 3.63) is 71.7 Å². The number of phenols is 1. The van der Waals surface area contributed by atoms with Gasteiger partial charge in [-0.3, -0.25) is 14.6 Å². The Hall–Kier alpha value is -3.85. The number of methoxy groups -OCH3 is 1. The number of hydrogen-bond acceptors (Lipinski definition) is 5. The molecule has 3 heterocycles. The van der Waals surface area contributed by atoms with Gasteiger partial charge in [-0.2, -0.15) is 0 Å². The summed E-state index contributed by atoms with van der Waals surface area (Å²) in [6.07, 6.45) is 2.03. The van der Waals surface area contributed by atoms with Gasteiger partial charge in [-0.1, -0.05) is 18.2 Å². The number of rotatable bonds is 7. The summed E-state index contributed by atoms with van der Waals surface area (Å²) in [6, 6.07) is 8.57. The van der Waals surface area contributed by atoms with Crippen molar-refractivity contribution in [2.75, 3.05) is 33.8 Å². The fourth-order valence-corrected chi connectivity index (χ4v) is 5.49. The first-order chi connectivity index (χ1) is 17.2. The van der Waals surface area contributed by atoms with Crippen molar-refractivity contribution in [1.82, 2.24) is 19.7 Å². The molecule has 3 amide bonds. The minimum Gasteiger partial charge on any atom is -0.508 e. The summed E-state index contributed by atoms with van der Waals surface area (Å²) in [5, 5.41) is 11.0. The highest BCUT2D eigenvalue weighted by atomic mass is 19.1. The molecule has 2 aromatic carbocycles. The molecule has 1 saturated heterocycles. The van der Waals surface area contributed by atoms with E-state index < -0.39 is 23.4 Å². The number of aromatic amines is 1. The number of ether oxygens (including phenoxy) is 1. The molecular weight excluding hydrogens is 463 g/mol. The molecule has 2 N–H and O–H groups in total. The van der Waals surface area contributed by atoms with E-state index in [0.29, 0.717) is 29.9 Å². The number of hydrogen-bond donors (Lipinski definition) is 2. The molecule has 0 bridgehead atoms. The van der Waals surface area contributed by atoms with Gasteiger partial charge in [0.05, 0.1) is 7.11 Å². The zero-order valence-corrected chi connectivity index (χ0v) is 20.5. The fourth-order valence-electron chi connectivity index (χ4n) is 5.49. The zero-order chi connectivity index (χ0) is 25.8. The third-order valence-corrected chi connectivity index (χ3v) is 7.27. The minimum absolute atomic E-state index is 0.0472. The molecule has 2 aliphatic heterocycles. The number of benzene rings is 2. The van der Waals surface area contributed by atoms with Gasteiger partial charge in [-0.05, 0) is 43.3 Å². The molecule has 0 spiro atoms. The van der Waals surface area contributed by atoms with E-state index in [1.165, 1.54) is 18.1 Å². The summed E-state index contributed by atoms with van der Waals surface area (Å²) in [7, 11) is 3.31. The van der Waals surface area contributed by atoms with Crippen molar-refractivity contribution in [2.24, 2.45) is 0 Å². The van der Waals surface area contributed by atoms with Gasteiger partial charge in [-0.15, -0.1) is 6.58 Å². The molecule has 2 aliphatic rings. The second-order valence-corrected chi connectivity index (χ2v) is 9.66. The van der Waals surface area contributed by atoms with Crippen molar-refractivity contribution < 1.29 is 23.8 Å². The Balaban J connectivity index is 1.66. The van der Waals surface area contributed by atoms with Crippen LogP contribution in [0.1, 0.15) is 29.8 Å². The number of imide groups is 1. The van der Waals surface area contributed by atoms with Crippen LogP contribution in [-0.2, 0) is 11.2 Å². The average molecular weight is 493 g/mol. The van der Waals surface area contributed by atoms with Crippen LogP contribution in [0, 0.1) is 5.82 Å². The van der Waals surface area contributed by atoms with Gasteiger partial charge in [0.25, 0.3) is 5.91 Å². The Morgan fingerprint density at radius 3 is 2.81 bits per heavy atom. The molecule has 8 nitrogen and oxygen atoms in total. The topological polar surface area (TPSA) is 89.1 Å². The highest BCUT2D eigenvalue weighted by molar-refractivity contribution is 6.08. The smallest absolute Gasteiger partial charge is 0.328 e. The van der Waals surface area contributed by atoms with Crippen molar-refractivity contribution in [2.45, 2.75) is 24.9 Å². The summed E-state index contributed by atoms with van der Waals surface area (Å²) in [4.78, 5) is 35.8. The molecule has 0 aliphatic carbocycles. The lowest BCUT2D eigenvalue weighted by molar-refractivity contribution is -0.133. The third-order valence-electron chi connectivity index (χ3n) is 7.27. The fraction of sp³-hybridized carbons (Fsp3) is 0.333. The molecule has 188 valence electrons. The maximum atomic E-state index is 14.5. The van der Waals surface area contributed by atoms with Gasteiger partial charge in [0.1, 0.15) is 17.3 Å². The highest BCUT2D eigenvalue weighted by Crippen LogP contribution is 2.49. The largest absolute Gasteiger partial charge is 0.508 e. The normalized spacial score (nSPS) is 21.3. The van der Waals surface area contributed by atoms with Crippen LogP contribution in [0.4, 0.5) is 9.18 Å². The number of amides is 3. The van der Waals surface area contributed by atoms with Crippen LogP contribution in [-0.4, -0.2) is 76.1 Å².